The highest BCUT2D eigenvalue weighted by atomic mass is 32.1. The predicted octanol–water partition coefficient (Wildman–Crippen LogP) is 3.73. The molecule has 2 heteroatoms. The molecule has 0 bridgehead atoms. The van der Waals surface area contributed by atoms with Crippen molar-refractivity contribution in [3.05, 3.63) is 60.2 Å². The quantitative estimate of drug-likeness (QED) is 0.576. The van der Waals surface area contributed by atoms with Crippen molar-refractivity contribution < 1.29 is 0 Å². The fourth-order valence-corrected chi connectivity index (χ4v) is 1.47. The fraction of sp³-hybridized carbons (Fsp3) is 0. The van der Waals surface area contributed by atoms with E-state index in [1.54, 1.807) is 0 Å². The van der Waals surface area contributed by atoms with Crippen LogP contribution in [0.2, 0.25) is 0 Å². The monoisotopic (exact) mass is 213 g/mol. The summed E-state index contributed by atoms with van der Waals surface area (Å²) in [6.07, 6.45) is 1.84. The maximum absolute atomic E-state index is 4.37. The smallest absolute Gasteiger partial charge is 0.0763 e. The Balaban J connectivity index is 2.23. The van der Waals surface area contributed by atoms with Crippen LogP contribution in [0, 0.1) is 0 Å². The first-order valence-corrected chi connectivity index (χ1v) is 5.18. The minimum absolute atomic E-state index is 0.893. The van der Waals surface area contributed by atoms with Gasteiger partial charge in [0.1, 0.15) is 0 Å². The van der Waals surface area contributed by atoms with Gasteiger partial charge in [-0.2, -0.15) is 0 Å². The van der Waals surface area contributed by atoms with E-state index in [1.807, 2.05) is 60.8 Å². The Kier molecular flexibility index (Phi) is 3.20. The SMILES string of the molecule is Sc1ccccc1N=Cc1ccccc1. The Labute approximate surface area is 94.9 Å². The lowest BCUT2D eigenvalue weighted by Gasteiger charge is -1.97. The number of hydrogen-bond donors (Lipinski definition) is 1. The molecule has 0 saturated heterocycles. The molecule has 0 saturated carbocycles. The molecule has 0 aliphatic rings. The largest absolute Gasteiger partial charge is 0.255 e. The number of aliphatic imine (C=N–C) groups is 1. The van der Waals surface area contributed by atoms with Crippen molar-refractivity contribution in [1.82, 2.24) is 0 Å². The van der Waals surface area contributed by atoms with Crippen LogP contribution < -0.4 is 0 Å². The van der Waals surface area contributed by atoms with Crippen molar-refractivity contribution in [2.75, 3.05) is 0 Å². The van der Waals surface area contributed by atoms with Gasteiger partial charge in [0.15, 0.2) is 0 Å². The van der Waals surface area contributed by atoms with E-state index in [2.05, 4.69) is 17.6 Å². The molecule has 0 unspecified atom stereocenters. The van der Waals surface area contributed by atoms with Gasteiger partial charge in [0.2, 0.25) is 0 Å². The summed E-state index contributed by atoms with van der Waals surface area (Å²) < 4.78 is 0. The zero-order valence-electron chi connectivity index (χ0n) is 8.17. The molecule has 0 radical (unpaired) electrons. The minimum atomic E-state index is 0.893. The molecule has 15 heavy (non-hydrogen) atoms. The van der Waals surface area contributed by atoms with Crippen molar-refractivity contribution in [3.63, 3.8) is 0 Å². The van der Waals surface area contributed by atoms with Crippen LogP contribution in [-0.2, 0) is 0 Å². The van der Waals surface area contributed by atoms with Crippen molar-refractivity contribution in [1.29, 1.82) is 0 Å². The Bertz CT molecular complexity index is 463. The normalized spacial score (nSPS) is 10.7. The Morgan fingerprint density at radius 2 is 1.53 bits per heavy atom. The Morgan fingerprint density at radius 1 is 0.867 bits per heavy atom. The summed E-state index contributed by atoms with van der Waals surface area (Å²) in [5.74, 6) is 0. The number of rotatable bonds is 2. The van der Waals surface area contributed by atoms with Gasteiger partial charge in [0.25, 0.3) is 0 Å². The van der Waals surface area contributed by atoms with E-state index < -0.39 is 0 Å². The average Bonchev–Trinajstić information content (AvgIpc) is 2.29. The van der Waals surface area contributed by atoms with E-state index in [0.29, 0.717) is 0 Å². The van der Waals surface area contributed by atoms with Crippen LogP contribution in [0.4, 0.5) is 5.69 Å². The van der Waals surface area contributed by atoms with Gasteiger partial charge in [0.05, 0.1) is 5.69 Å². The average molecular weight is 213 g/mol. The van der Waals surface area contributed by atoms with Crippen molar-refractivity contribution >= 4 is 24.5 Å². The van der Waals surface area contributed by atoms with Crippen LogP contribution in [0.15, 0.2) is 64.5 Å². The number of thiol groups is 1. The van der Waals surface area contributed by atoms with Crippen LogP contribution in [0.1, 0.15) is 5.56 Å². The topological polar surface area (TPSA) is 12.4 Å². The van der Waals surface area contributed by atoms with E-state index >= 15 is 0 Å². The number of nitrogens with zero attached hydrogens (tertiary/aromatic N) is 1. The number of benzene rings is 2. The van der Waals surface area contributed by atoms with E-state index in [9.17, 15) is 0 Å². The fourth-order valence-electron chi connectivity index (χ4n) is 1.26. The summed E-state index contributed by atoms with van der Waals surface area (Å²) in [5, 5.41) is 0. The maximum atomic E-state index is 4.37. The first kappa shape index (κ1) is 9.99. The standard InChI is InChI=1S/C13H11NS/c15-13-9-5-4-8-12(13)14-10-11-6-2-1-3-7-11/h1-10,15H. The minimum Gasteiger partial charge on any atom is -0.255 e. The number of hydrogen-bond acceptors (Lipinski definition) is 2. The molecule has 0 aromatic heterocycles. The van der Waals surface area contributed by atoms with E-state index in [0.717, 1.165) is 16.1 Å². The molecule has 0 amide bonds. The van der Waals surface area contributed by atoms with Gasteiger partial charge in [-0.1, -0.05) is 42.5 Å². The van der Waals surface area contributed by atoms with E-state index in [1.165, 1.54) is 0 Å². The third-order valence-corrected chi connectivity index (χ3v) is 2.41. The van der Waals surface area contributed by atoms with Gasteiger partial charge in [-0.25, -0.2) is 0 Å². The third kappa shape index (κ3) is 2.70. The summed E-state index contributed by atoms with van der Waals surface area (Å²) in [4.78, 5) is 5.27. The second-order valence-corrected chi connectivity index (χ2v) is 3.64. The zero-order valence-corrected chi connectivity index (χ0v) is 9.06. The van der Waals surface area contributed by atoms with Crippen molar-refractivity contribution in [2.45, 2.75) is 4.90 Å². The second-order valence-electron chi connectivity index (χ2n) is 3.16. The summed E-state index contributed by atoms with van der Waals surface area (Å²) in [5.41, 5.74) is 1.98. The molecular weight excluding hydrogens is 202 g/mol. The summed E-state index contributed by atoms with van der Waals surface area (Å²) >= 11 is 4.33. The molecule has 74 valence electrons. The van der Waals surface area contributed by atoms with Gasteiger partial charge in [0, 0.05) is 11.1 Å². The molecule has 0 heterocycles. The summed E-state index contributed by atoms with van der Waals surface area (Å²) in [7, 11) is 0. The molecule has 0 aliphatic heterocycles. The van der Waals surface area contributed by atoms with Gasteiger partial charge in [-0.15, -0.1) is 12.6 Å². The molecule has 0 atom stereocenters. The van der Waals surface area contributed by atoms with E-state index in [-0.39, 0.29) is 0 Å². The number of para-hydroxylation sites is 1. The lowest BCUT2D eigenvalue weighted by atomic mass is 10.2. The zero-order chi connectivity index (χ0) is 10.5. The van der Waals surface area contributed by atoms with Gasteiger partial charge in [-0.05, 0) is 17.7 Å². The molecule has 2 aromatic rings. The van der Waals surface area contributed by atoms with Crippen LogP contribution in [0.5, 0.6) is 0 Å². The Hall–Kier alpha value is -1.54. The lowest BCUT2D eigenvalue weighted by Crippen LogP contribution is -1.78. The molecule has 0 fully saturated rings. The Morgan fingerprint density at radius 3 is 2.27 bits per heavy atom. The highest BCUT2D eigenvalue weighted by Gasteiger charge is 1.92. The molecular formula is C13H11NS. The first-order chi connectivity index (χ1) is 7.36. The molecule has 2 aromatic carbocycles. The molecule has 2 rings (SSSR count). The second kappa shape index (κ2) is 4.80. The third-order valence-electron chi connectivity index (χ3n) is 2.03. The highest BCUT2D eigenvalue weighted by Crippen LogP contribution is 2.21. The van der Waals surface area contributed by atoms with Crippen LogP contribution >= 0.6 is 12.6 Å². The van der Waals surface area contributed by atoms with Crippen LogP contribution in [0.3, 0.4) is 0 Å². The van der Waals surface area contributed by atoms with Crippen molar-refractivity contribution in [2.24, 2.45) is 4.99 Å². The van der Waals surface area contributed by atoms with Crippen LogP contribution in [0.25, 0.3) is 0 Å². The lowest BCUT2D eigenvalue weighted by molar-refractivity contribution is 1.39. The summed E-state index contributed by atoms with van der Waals surface area (Å²) in [6, 6.07) is 17.8. The first-order valence-electron chi connectivity index (χ1n) is 4.73. The molecule has 0 spiro atoms. The summed E-state index contributed by atoms with van der Waals surface area (Å²) in [6.45, 7) is 0. The van der Waals surface area contributed by atoms with Crippen LogP contribution in [-0.4, -0.2) is 6.21 Å². The van der Waals surface area contributed by atoms with Gasteiger partial charge in [-0.3, -0.25) is 4.99 Å². The van der Waals surface area contributed by atoms with Gasteiger partial charge >= 0.3 is 0 Å². The molecule has 0 N–H and O–H groups in total. The van der Waals surface area contributed by atoms with Crippen molar-refractivity contribution in [3.8, 4) is 0 Å². The molecule has 1 nitrogen and oxygen atoms in total. The van der Waals surface area contributed by atoms with E-state index in [4.69, 9.17) is 0 Å². The van der Waals surface area contributed by atoms with Gasteiger partial charge < -0.3 is 0 Å². The highest BCUT2D eigenvalue weighted by molar-refractivity contribution is 7.80. The molecule has 0 aliphatic carbocycles. The predicted molar refractivity (Wildman–Crippen MR) is 67.4 cm³/mol. The maximum Gasteiger partial charge on any atom is 0.0763 e.